The minimum atomic E-state index is -3.24. The van der Waals surface area contributed by atoms with E-state index in [1.165, 1.54) is 38.4 Å². The Morgan fingerprint density at radius 2 is 1.31 bits per heavy atom. The Hall–Kier alpha value is -2.27. The predicted octanol–water partition coefficient (Wildman–Crippen LogP) is 8.22. The number of hydrogen-bond donors (Lipinski definition) is 0. The molecule has 0 fully saturated rings. The van der Waals surface area contributed by atoms with Crippen molar-refractivity contribution in [1.29, 1.82) is 0 Å². The zero-order chi connectivity index (χ0) is 25.4. The summed E-state index contributed by atoms with van der Waals surface area (Å²) in [6.45, 7) is 9.36. The largest absolute Gasteiger partial charge is 0.502 e. The van der Waals surface area contributed by atoms with Crippen molar-refractivity contribution >= 4 is 9.84 Å². The Morgan fingerprint density at radius 1 is 0.800 bits per heavy atom. The molecule has 0 radical (unpaired) electrons. The van der Waals surface area contributed by atoms with Gasteiger partial charge in [0.15, 0.2) is 9.84 Å². The summed E-state index contributed by atoms with van der Waals surface area (Å²) in [5, 5.41) is 0. The van der Waals surface area contributed by atoms with Crippen LogP contribution in [0.4, 0.5) is 0 Å². The number of rotatable bonds is 19. The normalized spacial score (nSPS) is 12.3. The van der Waals surface area contributed by atoms with E-state index in [1.807, 2.05) is 36.4 Å². The standard InChI is InChI=1S/C30H44O4S/c1-4-26(3)25-34-29-19-15-27(16-20-29)28-17-21-30(22-18-28)35(31,32)24-14-12-10-8-6-7-9-11-13-23-33-5-2/h5,15-22,26H,2,4,6-14,23-25H2,1,3H3/t26-/m0/s1. The Bertz CT molecular complexity index is 933. The lowest BCUT2D eigenvalue weighted by atomic mass is 10.1. The lowest BCUT2D eigenvalue weighted by molar-refractivity contribution is 0.241. The molecular weight excluding hydrogens is 456 g/mol. The maximum Gasteiger partial charge on any atom is 0.178 e. The first-order valence-corrected chi connectivity index (χ1v) is 14.9. The maximum absolute atomic E-state index is 12.7. The monoisotopic (exact) mass is 500 g/mol. The van der Waals surface area contributed by atoms with E-state index in [0.717, 1.165) is 62.2 Å². The molecular formula is C30H44O4S. The lowest BCUT2D eigenvalue weighted by Gasteiger charge is -2.11. The van der Waals surface area contributed by atoms with Crippen molar-refractivity contribution in [3.05, 3.63) is 61.4 Å². The highest BCUT2D eigenvalue weighted by atomic mass is 32.2. The van der Waals surface area contributed by atoms with E-state index in [0.29, 0.717) is 10.8 Å². The van der Waals surface area contributed by atoms with Crippen LogP contribution in [0.1, 0.15) is 78.1 Å². The number of hydrogen-bond acceptors (Lipinski definition) is 4. The van der Waals surface area contributed by atoms with Gasteiger partial charge in [0.05, 0.1) is 30.1 Å². The van der Waals surface area contributed by atoms with Crippen molar-refractivity contribution in [2.75, 3.05) is 19.0 Å². The molecule has 0 saturated carbocycles. The molecule has 194 valence electrons. The molecule has 35 heavy (non-hydrogen) atoms. The van der Waals surface area contributed by atoms with Gasteiger partial charge in [-0.05, 0) is 54.2 Å². The Balaban J connectivity index is 1.68. The van der Waals surface area contributed by atoms with Gasteiger partial charge in [-0.25, -0.2) is 8.42 Å². The van der Waals surface area contributed by atoms with Gasteiger partial charge in [0.2, 0.25) is 0 Å². The topological polar surface area (TPSA) is 52.6 Å². The Kier molecular flexibility index (Phi) is 13.6. The summed E-state index contributed by atoms with van der Waals surface area (Å²) in [6, 6.07) is 15.2. The average molecular weight is 501 g/mol. The summed E-state index contributed by atoms with van der Waals surface area (Å²) in [5.74, 6) is 1.62. The second-order valence-electron chi connectivity index (χ2n) is 9.41. The number of ether oxygens (including phenoxy) is 2. The molecule has 4 nitrogen and oxygen atoms in total. The molecule has 0 N–H and O–H groups in total. The van der Waals surface area contributed by atoms with E-state index in [4.69, 9.17) is 9.47 Å². The van der Waals surface area contributed by atoms with Gasteiger partial charge in [-0.15, -0.1) is 0 Å². The van der Waals surface area contributed by atoms with Crippen LogP contribution in [0, 0.1) is 5.92 Å². The molecule has 0 aliphatic rings. The van der Waals surface area contributed by atoms with Gasteiger partial charge in [-0.3, -0.25) is 0 Å². The van der Waals surface area contributed by atoms with Crippen LogP contribution in [0.25, 0.3) is 11.1 Å². The third kappa shape index (κ3) is 11.3. The van der Waals surface area contributed by atoms with E-state index >= 15 is 0 Å². The minimum absolute atomic E-state index is 0.220. The van der Waals surface area contributed by atoms with E-state index in [9.17, 15) is 8.42 Å². The van der Waals surface area contributed by atoms with Gasteiger partial charge < -0.3 is 9.47 Å². The van der Waals surface area contributed by atoms with Crippen LogP contribution >= 0.6 is 0 Å². The van der Waals surface area contributed by atoms with Gasteiger partial charge in [-0.2, -0.15) is 0 Å². The van der Waals surface area contributed by atoms with Crippen LogP contribution in [0.5, 0.6) is 5.75 Å². The summed E-state index contributed by atoms with van der Waals surface area (Å²) < 4.78 is 36.4. The number of benzene rings is 2. The first kappa shape index (κ1) is 29.0. The molecule has 0 spiro atoms. The summed E-state index contributed by atoms with van der Waals surface area (Å²) in [4.78, 5) is 0.412. The van der Waals surface area contributed by atoms with Crippen molar-refractivity contribution in [2.45, 2.75) is 83.0 Å². The van der Waals surface area contributed by atoms with Crippen LogP contribution in [0.15, 0.2) is 66.3 Å². The van der Waals surface area contributed by atoms with Crippen LogP contribution in [0.2, 0.25) is 0 Å². The zero-order valence-corrected chi connectivity index (χ0v) is 22.5. The smallest absolute Gasteiger partial charge is 0.178 e. The maximum atomic E-state index is 12.7. The van der Waals surface area contributed by atoms with E-state index in [2.05, 4.69) is 20.4 Å². The SMILES string of the molecule is C=COCCCCCCCCCCCS(=O)(=O)c1ccc(-c2ccc(OC[C@@H](C)CC)cc2)cc1. The van der Waals surface area contributed by atoms with Gasteiger partial charge in [0.25, 0.3) is 0 Å². The van der Waals surface area contributed by atoms with Crippen molar-refractivity contribution in [1.82, 2.24) is 0 Å². The lowest BCUT2D eigenvalue weighted by Crippen LogP contribution is -2.07. The molecule has 1 atom stereocenters. The van der Waals surface area contributed by atoms with Crippen LogP contribution in [-0.4, -0.2) is 27.4 Å². The first-order chi connectivity index (χ1) is 17.0. The van der Waals surface area contributed by atoms with Crippen molar-refractivity contribution in [3.63, 3.8) is 0 Å². The third-order valence-corrected chi connectivity index (χ3v) is 8.24. The minimum Gasteiger partial charge on any atom is -0.502 e. The third-order valence-electron chi connectivity index (χ3n) is 6.43. The van der Waals surface area contributed by atoms with Crippen LogP contribution in [0.3, 0.4) is 0 Å². The summed E-state index contributed by atoms with van der Waals surface area (Å²) in [6.07, 6.45) is 12.6. The molecule has 5 heteroatoms. The second kappa shape index (κ2) is 16.4. The number of unbranched alkanes of at least 4 members (excludes halogenated alkanes) is 8. The molecule has 0 saturated heterocycles. The Labute approximate surface area is 213 Å². The first-order valence-electron chi connectivity index (χ1n) is 13.2. The van der Waals surface area contributed by atoms with Crippen molar-refractivity contribution in [3.8, 4) is 16.9 Å². The molecule has 2 rings (SSSR count). The fraction of sp³-hybridized carbons (Fsp3) is 0.533. The highest BCUT2D eigenvalue weighted by molar-refractivity contribution is 7.91. The van der Waals surface area contributed by atoms with Crippen molar-refractivity contribution in [2.24, 2.45) is 5.92 Å². The summed E-state index contributed by atoms with van der Waals surface area (Å²) in [7, 11) is -3.24. The highest BCUT2D eigenvalue weighted by Gasteiger charge is 2.14. The van der Waals surface area contributed by atoms with Gasteiger partial charge in [0.1, 0.15) is 5.75 Å². The average Bonchev–Trinajstić information content (AvgIpc) is 2.88. The molecule has 0 aliphatic carbocycles. The molecule has 2 aromatic carbocycles. The molecule has 0 aromatic heterocycles. The highest BCUT2D eigenvalue weighted by Crippen LogP contribution is 2.25. The zero-order valence-electron chi connectivity index (χ0n) is 21.7. The predicted molar refractivity (Wildman–Crippen MR) is 147 cm³/mol. The quantitative estimate of drug-likeness (QED) is 0.144. The Morgan fingerprint density at radius 3 is 1.86 bits per heavy atom. The van der Waals surface area contributed by atoms with E-state index < -0.39 is 9.84 Å². The van der Waals surface area contributed by atoms with Gasteiger partial charge in [0, 0.05) is 0 Å². The van der Waals surface area contributed by atoms with E-state index in [-0.39, 0.29) is 5.75 Å². The molecule has 0 unspecified atom stereocenters. The molecule has 0 bridgehead atoms. The van der Waals surface area contributed by atoms with Crippen LogP contribution < -0.4 is 4.74 Å². The van der Waals surface area contributed by atoms with Gasteiger partial charge in [-0.1, -0.05) is 96.1 Å². The molecule has 2 aromatic rings. The summed E-state index contributed by atoms with van der Waals surface area (Å²) >= 11 is 0. The fourth-order valence-electron chi connectivity index (χ4n) is 3.87. The molecule has 0 heterocycles. The van der Waals surface area contributed by atoms with E-state index in [1.54, 1.807) is 12.1 Å². The fourth-order valence-corrected chi connectivity index (χ4v) is 5.24. The molecule has 0 aliphatic heterocycles. The van der Waals surface area contributed by atoms with Crippen molar-refractivity contribution < 1.29 is 17.9 Å². The van der Waals surface area contributed by atoms with Gasteiger partial charge >= 0.3 is 0 Å². The van der Waals surface area contributed by atoms with Crippen LogP contribution in [-0.2, 0) is 14.6 Å². The second-order valence-corrected chi connectivity index (χ2v) is 11.5. The summed E-state index contributed by atoms with van der Waals surface area (Å²) in [5.41, 5.74) is 2.06. The number of sulfone groups is 1. The molecule has 0 amide bonds.